The quantitative estimate of drug-likeness (QED) is 0.870. The van der Waals surface area contributed by atoms with Gasteiger partial charge in [-0.3, -0.25) is 9.59 Å². The number of piperidine rings is 1. The van der Waals surface area contributed by atoms with Crippen LogP contribution in [0.5, 0.6) is 0 Å². The summed E-state index contributed by atoms with van der Waals surface area (Å²) in [7, 11) is 0. The predicted molar refractivity (Wildman–Crippen MR) is 95.6 cm³/mol. The van der Waals surface area contributed by atoms with E-state index in [0.717, 1.165) is 12.8 Å². The Morgan fingerprint density at radius 2 is 1.84 bits per heavy atom. The monoisotopic (exact) mass is 338 g/mol. The molecule has 1 saturated heterocycles. The lowest BCUT2D eigenvalue weighted by Crippen LogP contribution is -2.42. The highest BCUT2D eigenvalue weighted by Crippen LogP contribution is 2.18. The van der Waals surface area contributed by atoms with Crippen LogP contribution < -0.4 is 5.32 Å². The maximum Gasteiger partial charge on any atom is 0.270 e. The Kier molecular flexibility index (Phi) is 5.33. The van der Waals surface area contributed by atoms with E-state index >= 15 is 0 Å². The third-order valence-electron chi connectivity index (χ3n) is 4.42. The Labute approximate surface area is 147 Å². The Hall–Kier alpha value is -2.82. The highest BCUT2D eigenvalue weighted by molar-refractivity contribution is 6.05. The van der Waals surface area contributed by atoms with Crippen LogP contribution in [-0.2, 0) is 4.79 Å². The van der Waals surface area contributed by atoms with Crippen molar-refractivity contribution in [2.45, 2.75) is 19.8 Å². The van der Waals surface area contributed by atoms with Gasteiger partial charge in [0.2, 0.25) is 0 Å². The van der Waals surface area contributed by atoms with Crippen LogP contribution in [0.4, 0.5) is 0 Å². The fourth-order valence-electron chi connectivity index (χ4n) is 2.83. The summed E-state index contributed by atoms with van der Waals surface area (Å²) in [4.78, 5) is 27.2. The maximum absolute atomic E-state index is 12.9. The van der Waals surface area contributed by atoms with Crippen LogP contribution in [0.25, 0.3) is 6.08 Å². The molecule has 1 aromatic heterocycles. The lowest BCUT2D eigenvalue weighted by Gasteiger charge is -2.31. The zero-order valence-corrected chi connectivity index (χ0v) is 14.3. The van der Waals surface area contributed by atoms with Crippen molar-refractivity contribution in [1.82, 2.24) is 10.2 Å². The molecule has 0 unspecified atom stereocenters. The summed E-state index contributed by atoms with van der Waals surface area (Å²) in [6.45, 7) is 3.60. The Morgan fingerprint density at radius 3 is 2.48 bits per heavy atom. The summed E-state index contributed by atoms with van der Waals surface area (Å²) < 4.78 is 5.31. The van der Waals surface area contributed by atoms with Crippen LogP contribution in [0.2, 0.25) is 0 Å². The lowest BCUT2D eigenvalue weighted by atomic mass is 9.99. The summed E-state index contributed by atoms with van der Waals surface area (Å²) >= 11 is 0. The Bertz CT molecular complexity index is 743. The van der Waals surface area contributed by atoms with Crippen molar-refractivity contribution < 1.29 is 14.0 Å². The molecule has 2 heterocycles. The average molecular weight is 338 g/mol. The number of hydrogen-bond acceptors (Lipinski definition) is 3. The number of nitrogens with zero attached hydrogens (tertiary/aromatic N) is 1. The summed E-state index contributed by atoms with van der Waals surface area (Å²) in [5, 5.41) is 2.75. The first-order valence-corrected chi connectivity index (χ1v) is 8.54. The first-order valence-electron chi connectivity index (χ1n) is 8.54. The molecule has 3 rings (SSSR count). The number of carbonyl (C=O) groups excluding carboxylic acids is 2. The van der Waals surface area contributed by atoms with Gasteiger partial charge in [0, 0.05) is 24.7 Å². The van der Waals surface area contributed by atoms with Gasteiger partial charge in [0.25, 0.3) is 11.8 Å². The fraction of sp³-hybridized carbons (Fsp3) is 0.300. The third-order valence-corrected chi connectivity index (χ3v) is 4.42. The molecule has 1 aromatic carbocycles. The minimum Gasteiger partial charge on any atom is -0.465 e. The van der Waals surface area contributed by atoms with E-state index in [9.17, 15) is 9.59 Å². The normalized spacial score (nSPS) is 15.9. The summed E-state index contributed by atoms with van der Waals surface area (Å²) in [5.41, 5.74) is 0.742. The molecule has 0 aliphatic carbocycles. The van der Waals surface area contributed by atoms with E-state index in [1.807, 2.05) is 6.07 Å². The molecule has 0 saturated carbocycles. The molecule has 0 radical (unpaired) electrons. The molecule has 0 bridgehead atoms. The summed E-state index contributed by atoms with van der Waals surface area (Å²) in [5.74, 6) is 0.673. The van der Waals surface area contributed by atoms with E-state index < -0.39 is 0 Å². The van der Waals surface area contributed by atoms with Crippen molar-refractivity contribution in [3.63, 3.8) is 0 Å². The van der Waals surface area contributed by atoms with Crippen molar-refractivity contribution >= 4 is 17.9 Å². The number of carbonyl (C=O) groups is 2. The van der Waals surface area contributed by atoms with Gasteiger partial charge in [-0.2, -0.15) is 0 Å². The van der Waals surface area contributed by atoms with E-state index in [4.69, 9.17) is 4.42 Å². The van der Waals surface area contributed by atoms with Gasteiger partial charge in [0.05, 0.1) is 6.26 Å². The smallest absolute Gasteiger partial charge is 0.270 e. The topological polar surface area (TPSA) is 62.6 Å². The number of likely N-dealkylation sites (tertiary alicyclic amines) is 1. The van der Waals surface area contributed by atoms with Gasteiger partial charge < -0.3 is 14.6 Å². The van der Waals surface area contributed by atoms with E-state index in [0.29, 0.717) is 30.3 Å². The molecule has 1 aliphatic heterocycles. The first-order chi connectivity index (χ1) is 12.1. The molecule has 25 heavy (non-hydrogen) atoms. The van der Waals surface area contributed by atoms with E-state index in [-0.39, 0.29) is 17.5 Å². The van der Waals surface area contributed by atoms with Crippen LogP contribution >= 0.6 is 0 Å². The number of rotatable bonds is 4. The highest BCUT2D eigenvalue weighted by atomic mass is 16.3. The van der Waals surface area contributed by atoms with Crippen molar-refractivity contribution in [3.8, 4) is 0 Å². The molecule has 2 amide bonds. The van der Waals surface area contributed by atoms with E-state index in [1.165, 1.54) is 6.26 Å². The zero-order valence-electron chi connectivity index (χ0n) is 14.3. The molecule has 1 fully saturated rings. The number of hydrogen-bond donors (Lipinski definition) is 1. The van der Waals surface area contributed by atoms with Crippen LogP contribution in [-0.4, -0.2) is 29.8 Å². The molecule has 0 atom stereocenters. The molecule has 1 N–H and O–H groups in total. The second-order valence-corrected chi connectivity index (χ2v) is 6.37. The van der Waals surface area contributed by atoms with E-state index in [2.05, 4.69) is 12.2 Å². The Morgan fingerprint density at radius 1 is 1.12 bits per heavy atom. The highest BCUT2D eigenvalue weighted by Gasteiger charge is 2.24. The van der Waals surface area contributed by atoms with Crippen LogP contribution in [0, 0.1) is 5.92 Å². The van der Waals surface area contributed by atoms with Gasteiger partial charge in [-0.15, -0.1) is 0 Å². The maximum atomic E-state index is 12.9. The largest absolute Gasteiger partial charge is 0.465 e. The summed E-state index contributed by atoms with van der Waals surface area (Å²) in [6.07, 6.45) is 5.08. The third kappa shape index (κ3) is 4.38. The van der Waals surface area contributed by atoms with Crippen molar-refractivity contribution in [3.05, 3.63) is 65.7 Å². The zero-order chi connectivity index (χ0) is 17.6. The minimum absolute atomic E-state index is 0.174. The predicted octanol–water partition coefficient (Wildman–Crippen LogP) is 3.31. The molecule has 5 nitrogen and oxygen atoms in total. The number of amides is 2. The van der Waals surface area contributed by atoms with Crippen molar-refractivity contribution in [1.29, 1.82) is 0 Å². The lowest BCUT2D eigenvalue weighted by molar-refractivity contribution is -0.128. The second-order valence-electron chi connectivity index (χ2n) is 6.37. The summed E-state index contributed by atoms with van der Waals surface area (Å²) in [6, 6.07) is 12.4. The van der Waals surface area contributed by atoms with Gasteiger partial charge in [-0.1, -0.05) is 25.1 Å². The van der Waals surface area contributed by atoms with Crippen LogP contribution in [0.15, 0.2) is 58.8 Å². The van der Waals surface area contributed by atoms with Gasteiger partial charge in [-0.25, -0.2) is 0 Å². The van der Waals surface area contributed by atoms with E-state index in [1.54, 1.807) is 47.4 Å². The fourth-order valence-corrected chi connectivity index (χ4v) is 2.83. The average Bonchev–Trinajstić information content (AvgIpc) is 3.15. The Balaban J connectivity index is 1.80. The van der Waals surface area contributed by atoms with Crippen LogP contribution in [0.1, 0.15) is 35.9 Å². The van der Waals surface area contributed by atoms with Gasteiger partial charge in [-0.05, 0) is 43.0 Å². The van der Waals surface area contributed by atoms with Gasteiger partial charge in [0.15, 0.2) is 0 Å². The van der Waals surface area contributed by atoms with Crippen molar-refractivity contribution in [2.24, 2.45) is 5.92 Å². The molecule has 130 valence electrons. The number of nitrogens with one attached hydrogen (secondary N) is 1. The molecule has 2 aromatic rings. The molecular formula is C20H22N2O3. The SMILES string of the molecule is CC1CCN(C(=O)C(=Cc2ccco2)NC(=O)c2ccccc2)CC1. The van der Waals surface area contributed by atoms with Crippen molar-refractivity contribution in [2.75, 3.05) is 13.1 Å². The first kappa shape index (κ1) is 17.0. The minimum atomic E-state index is -0.308. The number of furan rings is 1. The molecular weight excluding hydrogens is 316 g/mol. The van der Waals surface area contributed by atoms with Crippen LogP contribution in [0.3, 0.4) is 0 Å². The molecule has 0 spiro atoms. The molecule has 5 heteroatoms. The van der Waals surface area contributed by atoms with Gasteiger partial charge >= 0.3 is 0 Å². The number of benzene rings is 1. The van der Waals surface area contributed by atoms with Gasteiger partial charge in [0.1, 0.15) is 11.5 Å². The second kappa shape index (κ2) is 7.83. The molecule has 1 aliphatic rings. The standard InChI is InChI=1S/C20H22N2O3/c1-15-9-11-22(12-10-15)20(24)18(14-17-8-5-13-25-17)21-19(23)16-6-3-2-4-7-16/h2-8,13-15H,9-12H2,1H3,(H,21,23).